The number of amides is 1. The fourth-order valence-electron chi connectivity index (χ4n) is 2.56. The van der Waals surface area contributed by atoms with Crippen LogP contribution in [0.4, 0.5) is 10.1 Å². The largest absolute Gasteiger partial charge is 0.495 e. The lowest BCUT2D eigenvalue weighted by atomic mass is 10.1. The molecule has 1 aromatic heterocycles. The van der Waals surface area contributed by atoms with E-state index in [1.165, 1.54) is 25.3 Å². The molecule has 0 aliphatic heterocycles. The number of carbonyl (C=O) groups excluding carboxylic acids is 1. The van der Waals surface area contributed by atoms with Gasteiger partial charge in [-0.05, 0) is 66.6 Å². The lowest BCUT2D eigenvalue weighted by molar-refractivity contribution is 0.102. The van der Waals surface area contributed by atoms with Crippen molar-refractivity contribution in [3.05, 3.63) is 81.9 Å². The molecule has 5 nitrogen and oxygen atoms in total. The Morgan fingerprint density at radius 3 is 2.46 bits per heavy atom. The SMILES string of the molecule is COc1ccc(C)cc1NC(=O)c1ccc(-c2ccc(F)cc2)[nH]c1=O. The first kappa shape index (κ1) is 17.4. The normalized spacial score (nSPS) is 10.4. The number of methoxy groups -OCH3 is 1. The van der Waals surface area contributed by atoms with Crippen molar-refractivity contribution < 1.29 is 13.9 Å². The minimum absolute atomic E-state index is 0.0283. The van der Waals surface area contributed by atoms with E-state index >= 15 is 0 Å². The number of nitrogens with one attached hydrogen (secondary N) is 2. The number of aryl methyl sites for hydroxylation is 1. The highest BCUT2D eigenvalue weighted by atomic mass is 19.1. The third kappa shape index (κ3) is 3.64. The van der Waals surface area contributed by atoms with Gasteiger partial charge in [-0.2, -0.15) is 0 Å². The van der Waals surface area contributed by atoms with E-state index in [4.69, 9.17) is 4.74 Å². The van der Waals surface area contributed by atoms with Crippen LogP contribution in [0.1, 0.15) is 15.9 Å². The number of rotatable bonds is 4. The molecule has 0 aliphatic carbocycles. The topological polar surface area (TPSA) is 71.2 Å². The molecular weight excluding hydrogens is 335 g/mol. The highest BCUT2D eigenvalue weighted by Gasteiger charge is 2.14. The van der Waals surface area contributed by atoms with E-state index in [0.29, 0.717) is 22.7 Å². The summed E-state index contributed by atoms with van der Waals surface area (Å²) < 4.78 is 18.2. The Balaban J connectivity index is 1.88. The number of aromatic nitrogens is 1. The second-order valence-corrected chi connectivity index (χ2v) is 5.78. The molecule has 2 N–H and O–H groups in total. The number of aromatic amines is 1. The molecule has 0 saturated heterocycles. The zero-order valence-electron chi connectivity index (χ0n) is 14.3. The second kappa shape index (κ2) is 7.23. The number of pyridine rings is 1. The standard InChI is InChI=1S/C20H17FN2O3/c1-12-3-10-18(26-2)17(11-12)23-20(25)15-8-9-16(22-19(15)24)13-4-6-14(21)7-5-13/h3-11H,1-2H3,(H,22,24)(H,23,25). The van der Waals surface area contributed by atoms with Crippen LogP contribution in [0, 0.1) is 12.7 Å². The molecule has 0 unspecified atom stereocenters. The van der Waals surface area contributed by atoms with Gasteiger partial charge in [0.2, 0.25) is 0 Å². The maximum absolute atomic E-state index is 13.0. The van der Waals surface area contributed by atoms with Crippen molar-refractivity contribution in [2.75, 3.05) is 12.4 Å². The summed E-state index contributed by atoms with van der Waals surface area (Å²) in [5.41, 5.74) is 2.02. The maximum atomic E-state index is 13.0. The molecule has 0 aliphatic rings. The number of halogens is 1. The van der Waals surface area contributed by atoms with Gasteiger partial charge in [-0.3, -0.25) is 9.59 Å². The monoisotopic (exact) mass is 352 g/mol. The maximum Gasteiger partial charge on any atom is 0.261 e. The van der Waals surface area contributed by atoms with E-state index < -0.39 is 11.5 Å². The molecule has 0 saturated carbocycles. The predicted molar refractivity (Wildman–Crippen MR) is 98.1 cm³/mol. The summed E-state index contributed by atoms with van der Waals surface area (Å²) in [6.45, 7) is 1.89. The molecule has 0 radical (unpaired) electrons. The Labute approximate surface area is 149 Å². The molecule has 0 spiro atoms. The van der Waals surface area contributed by atoms with E-state index in [1.54, 1.807) is 30.3 Å². The van der Waals surface area contributed by atoms with Crippen molar-refractivity contribution in [3.63, 3.8) is 0 Å². The lowest BCUT2D eigenvalue weighted by Gasteiger charge is -2.11. The molecular formula is C20H17FN2O3. The quantitative estimate of drug-likeness (QED) is 0.751. The van der Waals surface area contributed by atoms with Gasteiger partial charge >= 0.3 is 0 Å². The van der Waals surface area contributed by atoms with Crippen LogP contribution < -0.4 is 15.6 Å². The van der Waals surface area contributed by atoms with Crippen LogP contribution in [0.5, 0.6) is 5.75 Å². The summed E-state index contributed by atoms with van der Waals surface area (Å²) in [6, 6.07) is 14.1. The van der Waals surface area contributed by atoms with Gasteiger partial charge in [0.25, 0.3) is 11.5 Å². The van der Waals surface area contributed by atoms with Crippen LogP contribution in [0.15, 0.2) is 59.4 Å². The molecule has 0 fully saturated rings. The highest BCUT2D eigenvalue weighted by Crippen LogP contribution is 2.25. The molecule has 3 aromatic rings. The highest BCUT2D eigenvalue weighted by molar-refractivity contribution is 6.05. The van der Waals surface area contributed by atoms with E-state index in [1.807, 2.05) is 13.0 Å². The summed E-state index contributed by atoms with van der Waals surface area (Å²) in [7, 11) is 1.50. The Kier molecular flexibility index (Phi) is 4.84. The Morgan fingerprint density at radius 2 is 1.81 bits per heavy atom. The van der Waals surface area contributed by atoms with Gasteiger partial charge in [0.15, 0.2) is 0 Å². The zero-order valence-corrected chi connectivity index (χ0v) is 14.3. The smallest absolute Gasteiger partial charge is 0.261 e. The Morgan fingerprint density at radius 1 is 1.08 bits per heavy atom. The van der Waals surface area contributed by atoms with Crippen LogP contribution in [0.25, 0.3) is 11.3 Å². The van der Waals surface area contributed by atoms with Gasteiger partial charge in [0.1, 0.15) is 17.1 Å². The van der Waals surface area contributed by atoms with Gasteiger partial charge < -0.3 is 15.0 Å². The molecule has 1 amide bonds. The zero-order chi connectivity index (χ0) is 18.7. The molecule has 132 valence electrons. The van der Waals surface area contributed by atoms with E-state index in [2.05, 4.69) is 10.3 Å². The van der Waals surface area contributed by atoms with Crippen LogP contribution in [0.3, 0.4) is 0 Å². The minimum Gasteiger partial charge on any atom is -0.495 e. The first-order valence-electron chi connectivity index (χ1n) is 7.93. The second-order valence-electron chi connectivity index (χ2n) is 5.78. The van der Waals surface area contributed by atoms with Crippen molar-refractivity contribution in [2.24, 2.45) is 0 Å². The van der Waals surface area contributed by atoms with Crippen LogP contribution in [-0.2, 0) is 0 Å². The van der Waals surface area contributed by atoms with Gasteiger partial charge in [0, 0.05) is 5.69 Å². The number of benzene rings is 2. The summed E-state index contributed by atoms with van der Waals surface area (Å²) in [5, 5.41) is 2.69. The average molecular weight is 352 g/mol. The van der Waals surface area contributed by atoms with Crippen molar-refractivity contribution in [1.82, 2.24) is 4.98 Å². The predicted octanol–water partition coefficient (Wildman–Crippen LogP) is 3.75. The Hall–Kier alpha value is -3.41. The molecule has 3 rings (SSSR count). The summed E-state index contributed by atoms with van der Waals surface area (Å²) in [5.74, 6) is -0.400. The number of carbonyl (C=O) groups is 1. The van der Waals surface area contributed by atoms with Gasteiger partial charge in [-0.15, -0.1) is 0 Å². The lowest BCUT2D eigenvalue weighted by Crippen LogP contribution is -2.23. The van der Waals surface area contributed by atoms with Crippen LogP contribution in [0.2, 0.25) is 0 Å². The van der Waals surface area contributed by atoms with Crippen LogP contribution >= 0.6 is 0 Å². The number of hydrogen-bond acceptors (Lipinski definition) is 3. The fourth-order valence-corrected chi connectivity index (χ4v) is 2.56. The van der Waals surface area contributed by atoms with Crippen molar-refractivity contribution >= 4 is 11.6 Å². The third-order valence-electron chi connectivity index (χ3n) is 3.91. The van der Waals surface area contributed by atoms with E-state index in [0.717, 1.165) is 5.56 Å². The average Bonchev–Trinajstić information content (AvgIpc) is 2.62. The molecule has 6 heteroatoms. The van der Waals surface area contributed by atoms with Gasteiger partial charge in [-0.1, -0.05) is 6.07 Å². The Bertz CT molecular complexity index is 1010. The van der Waals surface area contributed by atoms with Crippen LogP contribution in [-0.4, -0.2) is 18.0 Å². The fraction of sp³-hybridized carbons (Fsp3) is 0.100. The number of hydrogen-bond donors (Lipinski definition) is 2. The van der Waals surface area contributed by atoms with Crippen molar-refractivity contribution in [2.45, 2.75) is 6.92 Å². The molecule has 2 aromatic carbocycles. The van der Waals surface area contributed by atoms with Crippen molar-refractivity contribution in [3.8, 4) is 17.0 Å². The van der Waals surface area contributed by atoms with Gasteiger partial charge in [0.05, 0.1) is 12.8 Å². The summed E-state index contributed by atoms with van der Waals surface area (Å²) in [4.78, 5) is 27.4. The van der Waals surface area contributed by atoms with E-state index in [9.17, 15) is 14.0 Å². The molecule has 26 heavy (non-hydrogen) atoms. The minimum atomic E-state index is -0.541. The molecule has 1 heterocycles. The van der Waals surface area contributed by atoms with Gasteiger partial charge in [-0.25, -0.2) is 4.39 Å². The van der Waals surface area contributed by atoms with E-state index in [-0.39, 0.29) is 11.4 Å². The number of anilines is 1. The van der Waals surface area contributed by atoms with Crippen molar-refractivity contribution in [1.29, 1.82) is 0 Å². The third-order valence-corrected chi connectivity index (χ3v) is 3.91. The first-order chi connectivity index (χ1) is 12.5. The summed E-state index contributed by atoms with van der Waals surface area (Å²) >= 11 is 0. The first-order valence-corrected chi connectivity index (χ1v) is 7.93. The molecule has 0 atom stereocenters. The number of ether oxygens (including phenoxy) is 1. The molecule has 0 bridgehead atoms. The number of H-pyrrole nitrogens is 1. The summed E-state index contributed by atoms with van der Waals surface area (Å²) in [6.07, 6.45) is 0.